The molecule has 1 aromatic heterocycles. The molecule has 0 bridgehead atoms. The highest BCUT2D eigenvalue weighted by atomic mass is 32.2. The van der Waals surface area contributed by atoms with E-state index in [1.54, 1.807) is 0 Å². The lowest BCUT2D eigenvalue weighted by Gasteiger charge is -2.32. The van der Waals surface area contributed by atoms with E-state index in [1.165, 1.54) is 24.9 Å². The monoisotopic (exact) mass is 442 g/mol. The molecule has 10 heteroatoms. The van der Waals surface area contributed by atoms with Crippen LogP contribution in [0.1, 0.15) is 68.6 Å². The van der Waals surface area contributed by atoms with E-state index in [9.17, 15) is 23.4 Å². The predicted octanol–water partition coefficient (Wildman–Crippen LogP) is 0.987. The van der Waals surface area contributed by atoms with Crippen LogP contribution in [-0.2, 0) is 10.0 Å². The maximum Gasteiger partial charge on any atom is 0.253 e. The second-order valence-electron chi connectivity index (χ2n) is 8.04. The molecule has 0 unspecified atom stereocenters. The van der Waals surface area contributed by atoms with E-state index in [2.05, 4.69) is 20.2 Å². The van der Waals surface area contributed by atoms with Crippen LogP contribution in [0.25, 0.3) is 0 Å². The molecule has 170 valence electrons. The fourth-order valence-electron chi connectivity index (χ4n) is 3.80. The predicted molar refractivity (Wildman–Crippen MR) is 113 cm³/mol. The summed E-state index contributed by atoms with van der Waals surface area (Å²) < 4.78 is 26.8. The molecule has 1 fully saturated rings. The normalized spacial score (nSPS) is 18.5. The summed E-state index contributed by atoms with van der Waals surface area (Å²) in [5, 5.41) is 31.3. The highest BCUT2D eigenvalue weighted by molar-refractivity contribution is 7.89. The van der Waals surface area contributed by atoms with Crippen molar-refractivity contribution in [2.45, 2.75) is 76.5 Å². The third-order valence-electron chi connectivity index (χ3n) is 5.52. The van der Waals surface area contributed by atoms with Crippen molar-refractivity contribution in [1.29, 1.82) is 0 Å². The Morgan fingerprint density at radius 2 is 1.97 bits per heavy atom. The third-order valence-corrected chi connectivity index (χ3v) is 6.95. The number of nitrogens with zero attached hydrogens (tertiary/aromatic N) is 2. The van der Waals surface area contributed by atoms with Gasteiger partial charge in [-0.3, -0.25) is 4.79 Å². The molecule has 1 aliphatic carbocycles. The minimum Gasteiger partial charge on any atom is -0.389 e. The van der Waals surface area contributed by atoms with E-state index >= 15 is 0 Å². The number of aliphatic hydroxyl groups excluding tert-OH is 2. The van der Waals surface area contributed by atoms with Gasteiger partial charge in [-0.05, 0) is 24.8 Å². The zero-order valence-electron chi connectivity index (χ0n) is 17.5. The van der Waals surface area contributed by atoms with E-state index in [1.807, 2.05) is 6.92 Å². The molecule has 0 radical (unpaired) electrons. The first-order valence-corrected chi connectivity index (χ1v) is 12.4. The molecule has 4 N–H and O–H groups in total. The van der Waals surface area contributed by atoms with Gasteiger partial charge in [0.05, 0.1) is 35.9 Å². The molecule has 1 aliphatic rings. The van der Waals surface area contributed by atoms with Gasteiger partial charge in [-0.25, -0.2) is 13.1 Å². The number of amides is 1. The summed E-state index contributed by atoms with van der Waals surface area (Å²) in [4.78, 5) is 12.6. The first-order chi connectivity index (χ1) is 14.3. The number of aromatic nitrogens is 2. The quantitative estimate of drug-likeness (QED) is 0.354. The largest absolute Gasteiger partial charge is 0.389 e. The van der Waals surface area contributed by atoms with Crippen molar-refractivity contribution in [3.05, 3.63) is 24.0 Å². The summed E-state index contributed by atoms with van der Waals surface area (Å²) in [6, 6.07) is 0.736. The van der Waals surface area contributed by atoms with Gasteiger partial charge in [0, 0.05) is 6.54 Å². The fraction of sp³-hybridized carbons (Fsp3) is 0.750. The molecule has 0 saturated heterocycles. The zero-order valence-corrected chi connectivity index (χ0v) is 18.4. The van der Waals surface area contributed by atoms with Gasteiger partial charge in [0.2, 0.25) is 10.0 Å². The molecule has 30 heavy (non-hydrogen) atoms. The number of sulfonamides is 1. The number of nitrogens with one attached hydrogen (secondary N) is 2. The second-order valence-corrected chi connectivity index (χ2v) is 9.89. The van der Waals surface area contributed by atoms with Crippen LogP contribution in [0, 0.1) is 5.92 Å². The zero-order chi connectivity index (χ0) is 22.0. The molecule has 1 aromatic rings. The maximum absolute atomic E-state index is 12.6. The molecule has 0 aromatic carbocycles. The summed E-state index contributed by atoms with van der Waals surface area (Å²) in [6.45, 7) is 2.24. The van der Waals surface area contributed by atoms with Crippen molar-refractivity contribution >= 4 is 15.9 Å². The maximum atomic E-state index is 12.6. The highest BCUT2D eigenvalue weighted by Crippen LogP contribution is 2.28. The topological polar surface area (TPSA) is 142 Å². The first kappa shape index (κ1) is 24.6. The molecule has 1 heterocycles. The Kier molecular flexibility index (Phi) is 10.1. The van der Waals surface area contributed by atoms with E-state index in [-0.39, 0.29) is 5.56 Å². The molecule has 1 amide bonds. The Labute approximate surface area is 178 Å². The summed E-state index contributed by atoms with van der Waals surface area (Å²) in [6.07, 6.45) is 7.12. The average Bonchev–Trinajstić information content (AvgIpc) is 2.73. The number of carbonyl (C=O) groups excluding carboxylic acids is 1. The van der Waals surface area contributed by atoms with Gasteiger partial charge in [0.25, 0.3) is 5.91 Å². The molecule has 3 atom stereocenters. The van der Waals surface area contributed by atoms with Crippen LogP contribution in [0.5, 0.6) is 0 Å². The van der Waals surface area contributed by atoms with Crippen LogP contribution in [0.3, 0.4) is 0 Å². The van der Waals surface area contributed by atoms with E-state index in [0.717, 1.165) is 32.1 Å². The van der Waals surface area contributed by atoms with Gasteiger partial charge in [-0.1, -0.05) is 45.4 Å². The van der Waals surface area contributed by atoms with E-state index in [0.29, 0.717) is 25.3 Å². The van der Waals surface area contributed by atoms with Crippen molar-refractivity contribution in [2.24, 2.45) is 5.92 Å². The van der Waals surface area contributed by atoms with Gasteiger partial charge in [0.1, 0.15) is 6.10 Å². The summed E-state index contributed by atoms with van der Waals surface area (Å²) >= 11 is 0. The Morgan fingerprint density at radius 1 is 1.23 bits per heavy atom. The number of unbranched alkanes of at least 4 members (excludes halogenated alkanes) is 1. The van der Waals surface area contributed by atoms with Crippen LogP contribution < -0.4 is 10.0 Å². The third kappa shape index (κ3) is 8.25. The van der Waals surface area contributed by atoms with Crippen LogP contribution in [-0.4, -0.2) is 65.3 Å². The van der Waals surface area contributed by atoms with Gasteiger partial charge in [0.15, 0.2) is 0 Å². The lowest BCUT2D eigenvalue weighted by Crippen LogP contribution is -2.52. The SMILES string of the molecule is CCCCNS(=O)(=O)C[C@H](O)[C@H](O)[C@H](CC1CCCCC1)NC(=O)c1ccnnc1. The second kappa shape index (κ2) is 12.3. The van der Waals surface area contributed by atoms with Crippen LogP contribution in [0.15, 0.2) is 18.5 Å². The van der Waals surface area contributed by atoms with E-state index in [4.69, 9.17) is 0 Å². The molecule has 1 saturated carbocycles. The smallest absolute Gasteiger partial charge is 0.253 e. The van der Waals surface area contributed by atoms with Crippen LogP contribution in [0.4, 0.5) is 0 Å². The molecule has 2 rings (SSSR count). The first-order valence-electron chi connectivity index (χ1n) is 10.7. The molecule has 0 spiro atoms. The van der Waals surface area contributed by atoms with Crippen molar-refractivity contribution in [2.75, 3.05) is 12.3 Å². The van der Waals surface area contributed by atoms with Crippen molar-refractivity contribution in [3.63, 3.8) is 0 Å². The lowest BCUT2D eigenvalue weighted by atomic mass is 9.83. The highest BCUT2D eigenvalue weighted by Gasteiger charge is 2.33. The number of rotatable bonds is 12. The molecule has 9 nitrogen and oxygen atoms in total. The van der Waals surface area contributed by atoms with Crippen LogP contribution in [0.2, 0.25) is 0 Å². The van der Waals surface area contributed by atoms with Gasteiger partial charge in [-0.2, -0.15) is 10.2 Å². The average molecular weight is 443 g/mol. The fourth-order valence-corrected chi connectivity index (χ4v) is 5.02. The molecule has 0 aliphatic heterocycles. The van der Waals surface area contributed by atoms with Crippen molar-refractivity contribution < 1.29 is 23.4 Å². The number of aliphatic hydroxyl groups is 2. The minimum atomic E-state index is -3.74. The van der Waals surface area contributed by atoms with Crippen LogP contribution >= 0.6 is 0 Å². The van der Waals surface area contributed by atoms with Gasteiger partial charge in [-0.15, -0.1) is 0 Å². The van der Waals surface area contributed by atoms with Gasteiger partial charge >= 0.3 is 0 Å². The summed E-state index contributed by atoms with van der Waals surface area (Å²) in [7, 11) is -3.74. The lowest BCUT2D eigenvalue weighted by molar-refractivity contribution is 0.00200. The molecular formula is C20H34N4O5S. The minimum absolute atomic E-state index is 0.286. The Balaban J connectivity index is 2.06. The van der Waals surface area contributed by atoms with Crippen molar-refractivity contribution in [3.8, 4) is 0 Å². The summed E-state index contributed by atoms with van der Waals surface area (Å²) in [5.74, 6) is -0.757. The Hall–Kier alpha value is -1.62. The number of carbonyl (C=O) groups is 1. The van der Waals surface area contributed by atoms with E-state index < -0.39 is 39.9 Å². The summed E-state index contributed by atoms with van der Waals surface area (Å²) in [5.41, 5.74) is 0.286. The Morgan fingerprint density at radius 3 is 2.60 bits per heavy atom. The Bertz CT molecular complexity index is 741. The molecular weight excluding hydrogens is 408 g/mol. The standard InChI is InChI=1S/C20H34N4O5S/c1-2-3-10-23-30(28,29)14-18(25)19(26)17(12-15-7-5-4-6-8-15)24-20(27)16-9-11-21-22-13-16/h9,11,13,15,17-19,23,25-26H,2-8,10,12,14H2,1H3,(H,24,27)/t17-,18-,19+/m0/s1. The van der Waals surface area contributed by atoms with Gasteiger partial charge < -0.3 is 15.5 Å². The van der Waals surface area contributed by atoms with Crippen molar-refractivity contribution in [1.82, 2.24) is 20.2 Å². The number of hydrogen-bond acceptors (Lipinski definition) is 7. The number of hydrogen-bond donors (Lipinski definition) is 4.